The van der Waals surface area contributed by atoms with Crippen molar-refractivity contribution in [2.45, 2.75) is 13.0 Å². The van der Waals surface area contributed by atoms with Gasteiger partial charge >= 0.3 is 6.03 Å². The van der Waals surface area contributed by atoms with E-state index in [2.05, 4.69) is 38.2 Å². The molecule has 2 rings (SSSR count). The first-order chi connectivity index (χ1) is 9.15. The van der Waals surface area contributed by atoms with E-state index < -0.39 is 0 Å². The van der Waals surface area contributed by atoms with Gasteiger partial charge in [-0.15, -0.1) is 0 Å². The molecule has 4 nitrogen and oxygen atoms in total. The summed E-state index contributed by atoms with van der Waals surface area (Å²) < 4.78 is 1.08. The Morgan fingerprint density at radius 1 is 1.26 bits per heavy atom. The number of amides is 2. The molecular weight excluding hydrogens is 353 g/mol. The van der Waals surface area contributed by atoms with Gasteiger partial charge in [0.1, 0.15) is 0 Å². The molecular formula is C14H14IN3O. The number of hydrogen-bond acceptors (Lipinski definition) is 2. The van der Waals surface area contributed by atoms with Gasteiger partial charge in [-0.1, -0.05) is 12.1 Å². The highest BCUT2D eigenvalue weighted by molar-refractivity contribution is 14.1. The van der Waals surface area contributed by atoms with Crippen LogP contribution in [0.4, 0.5) is 10.5 Å². The van der Waals surface area contributed by atoms with Gasteiger partial charge in [-0.3, -0.25) is 4.98 Å². The summed E-state index contributed by atoms with van der Waals surface area (Å²) in [6.45, 7) is 1.90. The number of aromatic nitrogens is 1. The molecule has 1 aromatic heterocycles. The van der Waals surface area contributed by atoms with Gasteiger partial charge in [0.05, 0.1) is 11.7 Å². The second-order valence-electron chi connectivity index (χ2n) is 4.09. The number of carbonyl (C=O) groups is 1. The van der Waals surface area contributed by atoms with Gasteiger partial charge in [-0.05, 0) is 59.8 Å². The topological polar surface area (TPSA) is 54.0 Å². The van der Waals surface area contributed by atoms with Crippen molar-refractivity contribution in [2.75, 3.05) is 5.32 Å². The Hall–Kier alpha value is -1.63. The van der Waals surface area contributed by atoms with Crippen LogP contribution >= 0.6 is 22.6 Å². The highest BCUT2D eigenvalue weighted by Crippen LogP contribution is 2.13. The predicted octanol–water partition coefficient (Wildman–Crippen LogP) is 3.57. The Morgan fingerprint density at radius 3 is 2.79 bits per heavy atom. The first-order valence-electron chi connectivity index (χ1n) is 5.89. The van der Waals surface area contributed by atoms with Crippen molar-refractivity contribution < 1.29 is 4.79 Å². The van der Waals surface area contributed by atoms with Crippen molar-refractivity contribution in [2.24, 2.45) is 0 Å². The van der Waals surface area contributed by atoms with E-state index in [4.69, 9.17) is 0 Å². The lowest BCUT2D eigenvalue weighted by atomic mass is 10.2. The lowest BCUT2D eigenvalue weighted by Crippen LogP contribution is -2.31. The first-order valence-corrected chi connectivity index (χ1v) is 6.97. The fraction of sp³-hybridized carbons (Fsp3) is 0.143. The molecule has 0 aliphatic heterocycles. The summed E-state index contributed by atoms with van der Waals surface area (Å²) in [6, 6.07) is 12.9. The van der Waals surface area contributed by atoms with Crippen molar-refractivity contribution in [1.82, 2.24) is 10.3 Å². The molecule has 1 heterocycles. The largest absolute Gasteiger partial charge is 0.330 e. The summed E-state index contributed by atoms with van der Waals surface area (Å²) in [7, 11) is 0. The molecule has 0 fully saturated rings. The molecule has 0 aliphatic rings. The Morgan fingerprint density at radius 2 is 2.11 bits per heavy atom. The molecule has 5 heteroatoms. The number of urea groups is 1. The maximum Gasteiger partial charge on any atom is 0.319 e. The second kappa shape index (κ2) is 6.51. The summed E-state index contributed by atoms with van der Waals surface area (Å²) in [5.41, 5.74) is 1.61. The van der Waals surface area contributed by atoms with Gasteiger partial charge in [0.15, 0.2) is 0 Å². The number of benzene rings is 1. The number of pyridine rings is 1. The lowest BCUT2D eigenvalue weighted by Gasteiger charge is -2.14. The highest BCUT2D eigenvalue weighted by atomic mass is 127. The molecule has 0 saturated carbocycles. The Kier molecular flexibility index (Phi) is 4.73. The van der Waals surface area contributed by atoms with E-state index in [0.29, 0.717) is 0 Å². The molecule has 98 valence electrons. The molecule has 0 aliphatic carbocycles. The molecule has 2 N–H and O–H groups in total. The van der Waals surface area contributed by atoms with E-state index in [-0.39, 0.29) is 12.1 Å². The monoisotopic (exact) mass is 367 g/mol. The van der Waals surface area contributed by atoms with Crippen molar-refractivity contribution in [3.05, 3.63) is 57.9 Å². The molecule has 1 aromatic carbocycles. The number of carbonyl (C=O) groups excluding carboxylic acids is 1. The molecule has 2 amide bonds. The molecule has 0 bridgehead atoms. The van der Waals surface area contributed by atoms with Crippen LogP contribution in [0.1, 0.15) is 18.7 Å². The predicted molar refractivity (Wildman–Crippen MR) is 84.0 cm³/mol. The molecule has 19 heavy (non-hydrogen) atoms. The average molecular weight is 367 g/mol. The maximum absolute atomic E-state index is 11.9. The van der Waals surface area contributed by atoms with Crippen molar-refractivity contribution >= 4 is 34.3 Å². The fourth-order valence-corrected chi connectivity index (χ4v) is 2.18. The average Bonchev–Trinajstić information content (AvgIpc) is 2.39. The third-order valence-electron chi connectivity index (χ3n) is 2.56. The quantitative estimate of drug-likeness (QED) is 0.815. The summed E-state index contributed by atoms with van der Waals surface area (Å²) >= 11 is 2.21. The summed E-state index contributed by atoms with van der Waals surface area (Å²) in [6.07, 6.45) is 1.71. The first kappa shape index (κ1) is 13.8. The summed E-state index contributed by atoms with van der Waals surface area (Å²) in [5.74, 6) is 0. The zero-order valence-corrected chi connectivity index (χ0v) is 12.6. The molecule has 0 spiro atoms. The van der Waals surface area contributed by atoms with Crippen molar-refractivity contribution in [1.29, 1.82) is 0 Å². The minimum absolute atomic E-state index is 0.135. The Bertz CT molecular complexity index is 560. The standard InChI is InChI=1S/C14H14IN3O/c1-10(13-7-2-3-8-16-13)17-14(19)18-12-6-4-5-11(15)9-12/h2-10H,1H3,(H2,17,18,19)/t10-/m1/s1. The number of nitrogens with one attached hydrogen (secondary N) is 2. The van der Waals surface area contributed by atoms with Crippen LogP contribution in [0, 0.1) is 3.57 Å². The van der Waals surface area contributed by atoms with Crippen LogP contribution in [0.15, 0.2) is 48.7 Å². The summed E-state index contributed by atoms with van der Waals surface area (Å²) in [5, 5.41) is 5.65. The smallest absolute Gasteiger partial charge is 0.319 e. The number of rotatable bonds is 3. The van der Waals surface area contributed by atoms with Crippen LogP contribution in [0.25, 0.3) is 0 Å². The van der Waals surface area contributed by atoms with Gasteiger partial charge in [0.2, 0.25) is 0 Å². The van der Waals surface area contributed by atoms with Crippen LogP contribution in [0.3, 0.4) is 0 Å². The third-order valence-corrected chi connectivity index (χ3v) is 3.23. The Balaban J connectivity index is 1.95. The van der Waals surface area contributed by atoms with E-state index in [1.807, 2.05) is 49.4 Å². The number of halogens is 1. The minimum atomic E-state index is -0.236. The van der Waals surface area contributed by atoms with Crippen molar-refractivity contribution in [3.63, 3.8) is 0 Å². The van der Waals surface area contributed by atoms with Crippen molar-refractivity contribution in [3.8, 4) is 0 Å². The van der Waals surface area contributed by atoms with Crippen LogP contribution in [-0.2, 0) is 0 Å². The van der Waals surface area contributed by atoms with E-state index in [1.54, 1.807) is 6.20 Å². The molecule has 0 radical (unpaired) electrons. The van der Waals surface area contributed by atoms with Gasteiger partial charge in [-0.25, -0.2) is 4.79 Å². The molecule has 0 saturated heterocycles. The zero-order chi connectivity index (χ0) is 13.7. The highest BCUT2D eigenvalue weighted by Gasteiger charge is 2.10. The zero-order valence-electron chi connectivity index (χ0n) is 10.4. The van der Waals surface area contributed by atoms with Crippen LogP contribution in [-0.4, -0.2) is 11.0 Å². The van der Waals surface area contributed by atoms with E-state index in [1.165, 1.54) is 0 Å². The molecule has 1 atom stereocenters. The summed E-state index contributed by atoms with van der Waals surface area (Å²) in [4.78, 5) is 16.1. The number of hydrogen-bond donors (Lipinski definition) is 2. The SMILES string of the molecule is C[C@@H](NC(=O)Nc1cccc(I)c1)c1ccccn1. The van der Waals surface area contributed by atoms with E-state index in [0.717, 1.165) is 15.0 Å². The van der Waals surface area contributed by atoms with E-state index in [9.17, 15) is 4.79 Å². The van der Waals surface area contributed by atoms with Gasteiger partial charge in [0.25, 0.3) is 0 Å². The number of nitrogens with zero attached hydrogens (tertiary/aromatic N) is 1. The number of anilines is 1. The minimum Gasteiger partial charge on any atom is -0.330 e. The lowest BCUT2D eigenvalue weighted by molar-refractivity contribution is 0.249. The Labute approximate surface area is 125 Å². The van der Waals surface area contributed by atoms with Crippen LogP contribution in [0.2, 0.25) is 0 Å². The van der Waals surface area contributed by atoms with Gasteiger partial charge < -0.3 is 10.6 Å². The normalized spacial score (nSPS) is 11.7. The second-order valence-corrected chi connectivity index (χ2v) is 5.33. The van der Waals surface area contributed by atoms with Crippen LogP contribution < -0.4 is 10.6 Å². The van der Waals surface area contributed by atoms with Crippen LogP contribution in [0.5, 0.6) is 0 Å². The van der Waals surface area contributed by atoms with E-state index >= 15 is 0 Å². The van der Waals surface area contributed by atoms with Gasteiger partial charge in [-0.2, -0.15) is 0 Å². The maximum atomic E-state index is 11.9. The molecule has 2 aromatic rings. The fourth-order valence-electron chi connectivity index (χ4n) is 1.64. The molecule has 0 unspecified atom stereocenters. The third kappa shape index (κ3) is 4.20. The van der Waals surface area contributed by atoms with Gasteiger partial charge in [0, 0.05) is 15.5 Å².